The lowest BCUT2D eigenvalue weighted by molar-refractivity contribution is 0.563. The lowest BCUT2D eigenvalue weighted by Gasteiger charge is -2.14. The van der Waals surface area contributed by atoms with Crippen LogP contribution in [0.4, 0.5) is 0 Å². The lowest BCUT2D eigenvalue weighted by atomic mass is 10.2. The summed E-state index contributed by atoms with van der Waals surface area (Å²) >= 11 is 1.43. The fraction of sp³-hybridized carbons (Fsp3) is 0.357. The topological polar surface area (TPSA) is 55.6 Å². The normalized spacial score (nSPS) is 12.9. The second kappa shape index (κ2) is 5.68. The van der Waals surface area contributed by atoms with Crippen LogP contribution in [0.3, 0.4) is 0 Å². The van der Waals surface area contributed by atoms with E-state index >= 15 is 0 Å². The maximum absolute atomic E-state index is 4.77. The van der Waals surface area contributed by atoms with E-state index in [4.69, 9.17) is 4.98 Å². The molecule has 1 aromatic carbocycles. The van der Waals surface area contributed by atoms with E-state index < -0.39 is 0 Å². The first kappa shape index (κ1) is 13.2. The number of rotatable bonds is 5. The van der Waals surface area contributed by atoms with Crippen molar-refractivity contribution in [2.24, 2.45) is 0 Å². The number of nitrogens with one attached hydrogen (secondary N) is 1. The molecule has 0 aliphatic rings. The van der Waals surface area contributed by atoms with Crippen LogP contribution in [0.1, 0.15) is 23.7 Å². The Labute approximate surface area is 121 Å². The van der Waals surface area contributed by atoms with Crippen molar-refractivity contribution < 1.29 is 0 Å². The van der Waals surface area contributed by atoms with E-state index in [1.807, 2.05) is 19.3 Å². The molecule has 104 valence electrons. The summed E-state index contributed by atoms with van der Waals surface area (Å²) in [5.41, 5.74) is 2.25. The highest BCUT2D eigenvalue weighted by atomic mass is 32.1. The summed E-state index contributed by atoms with van der Waals surface area (Å²) in [6, 6.07) is 8.48. The summed E-state index contributed by atoms with van der Waals surface area (Å²) in [6.45, 7) is 3.08. The van der Waals surface area contributed by atoms with Gasteiger partial charge in [-0.15, -0.1) is 5.10 Å². The summed E-state index contributed by atoms with van der Waals surface area (Å²) in [4.78, 5) is 5.91. The number of aromatic nitrogens is 4. The Balaban J connectivity index is 1.97. The minimum atomic E-state index is 0.206. The molecular weight excluding hydrogens is 270 g/mol. The van der Waals surface area contributed by atoms with Crippen molar-refractivity contribution in [2.75, 3.05) is 7.05 Å². The van der Waals surface area contributed by atoms with Crippen LogP contribution in [0.5, 0.6) is 0 Å². The van der Waals surface area contributed by atoms with Gasteiger partial charge in [-0.05, 0) is 37.6 Å². The summed E-state index contributed by atoms with van der Waals surface area (Å²) in [5, 5.41) is 7.24. The minimum absolute atomic E-state index is 0.206. The summed E-state index contributed by atoms with van der Waals surface area (Å²) in [5.74, 6) is 1.10. The zero-order valence-electron chi connectivity index (χ0n) is 11.6. The molecule has 20 heavy (non-hydrogen) atoms. The monoisotopic (exact) mass is 287 g/mol. The molecule has 1 N–H and O–H groups in total. The molecule has 3 aromatic rings. The zero-order chi connectivity index (χ0) is 13.9. The van der Waals surface area contributed by atoms with E-state index in [1.165, 1.54) is 17.0 Å². The van der Waals surface area contributed by atoms with Crippen molar-refractivity contribution in [3.63, 3.8) is 0 Å². The second-order valence-corrected chi connectivity index (χ2v) is 5.44. The van der Waals surface area contributed by atoms with E-state index in [0.29, 0.717) is 0 Å². The molecule has 0 aliphatic carbocycles. The first-order valence-electron chi connectivity index (χ1n) is 6.72. The predicted octanol–water partition coefficient (Wildman–Crippen LogP) is 2.41. The van der Waals surface area contributed by atoms with Gasteiger partial charge < -0.3 is 9.88 Å². The molecule has 0 spiro atoms. The Kier molecular flexibility index (Phi) is 3.75. The molecule has 0 saturated heterocycles. The third-order valence-corrected chi connectivity index (χ3v) is 4.28. The number of aryl methyl sites for hydroxylation is 1. The van der Waals surface area contributed by atoms with Crippen LogP contribution in [0.2, 0.25) is 0 Å². The number of fused-ring (bicyclic) bond motifs is 1. The zero-order valence-corrected chi connectivity index (χ0v) is 12.4. The van der Waals surface area contributed by atoms with Gasteiger partial charge in [0.2, 0.25) is 0 Å². The van der Waals surface area contributed by atoms with Crippen LogP contribution in [-0.4, -0.2) is 26.2 Å². The molecule has 5 nitrogen and oxygen atoms in total. The van der Waals surface area contributed by atoms with Gasteiger partial charge in [-0.2, -0.15) is 0 Å². The minimum Gasteiger partial charge on any atom is -0.328 e. The van der Waals surface area contributed by atoms with Crippen LogP contribution in [-0.2, 0) is 13.0 Å². The Hall–Kier alpha value is -1.79. The number of hydrogen-bond donors (Lipinski definition) is 1. The molecule has 0 amide bonds. The molecule has 2 heterocycles. The molecule has 0 aliphatic heterocycles. The van der Waals surface area contributed by atoms with Crippen molar-refractivity contribution in [2.45, 2.75) is 25.9 Å². The quantitative estimate of drug-likeness (QED) is 0.783. The van der Waals surface area contributed by atoms with Gasteiger partial charge >= 0.3 is 0 Å². The third kappa shape index (κ3) is 2.32. The van der Waals surface area contributed by atoms with E-state index in [9.17, 15) is 0 Å². The number of likely N-dealkylation sites (N-methyl/N-ethyl adjacent to an activating group) is 1. The van der Waals surface area contributed by atoms with Gasteiger partial charge in [0.15, 0.2) is 0 Å². The Morgan fingerprint density at radius 3 is 2.90 bits per heavy atom. The highest BCUT2D eigenvalue weighted by Gasteiger charge is 2.17. The fourth-order valence-corrected chi connectivity index (χ4v) is 3.10. The molecular formula is C14H17N5S. The number of nitrogens with zero attached hydrogens (tertiary/aromatic N) is 4. The maximum atomic E-state index is 4.77. The van der Waals surface area contributed by atoms with E-state index in [1.54, 1.807) is 0 Å². The van der Waals surface area contributed by atoms with Gasteiger partial charge in [0, 0.05) is 13.0 Å². The van der Waals surface area contributed by atoms with Crippen molar-refractivity contribution >= 4 is 22.6 Å². The standard InChI is InChI=1S/C14H17N5S/c1-3-19-12-7-5-4-6-10(12)17-14(19)8-11(15-2)13-9-16-18-20-13/h4-7,9,11,15H,3,8H2,1-2H3. The number of benzene rings is 1. The van der Waals surface area contributed by atoms with Crippen molar-refractivity contribution in [3.05, 3.63) is 41.2 Å². The molecule has 1 unspecified atom stereocenters. The predicted molar refractivity (Wildman–Crippen MR) is 80.8 cm³/mol. The highest BCUT2D eigenvalue weighted by Crippen LogP contribution is 2.23. The molecule has 3 rings (SSSR count). The Morgan fingerprint density at radius 1 is 1.35 bits per heavy atom. The summed E-state index contributed by atoms with van der Waals surface area (Å²) < 4.78 is 6.21. The van der Waals surface area contributed by atoms with Gasteiger partial charge in [-0.25, -0.2) is 4.98 Å². The SMILES string of the molecule is CCn1c(CC(NC)c2cnns2)nc2ccccc21. The number of hydrogen-bond acceptors (Lipinski definition) is 5. The fourth-order valence-electron chi connectivity index (χ4n) is 2.49. The van der Waals surface area contributed by atoms with Gasteiger partial charge in [0.25, 0.3) is 0 Å². The van der Waals surface area contributed by atoms with Crippen LogP contribution >= 0.6 is 11.5 Å². The van der Waals surface area contributed by atoms with Crippen LogP contribution in [0.15, 0.2) is 30.5 Å². The highest BCUT2D eigenvalue weighted by molar-refractivity contribution is 7.05. The van der Waals surface area contributed by atoms with Crippen molar-refractivity contribution in [1.29, 1.82) is 0 Å². The van der Waals surface area contributed by atoms with E-state index in [-0.39, 0.29) is 6.04 Å². The first-order valence-corrected chi connectivity index (χ1v) is 7.49. The molecule has 6 heteroatoms. The third-order valence-electron chi connectivity index (χ3n) is 3.51. The largest absolute Gasteiger partial charge is 0.328 e. The van der Waals surface area contributed by atoms with Crippen LogP contribution < -0.4 is 5.32 Å². The Morgan fingerprint density at radius 2 is 2.20 bits per heavy atom. The van der Waals surface area contributed by atoms with E-state index in [0.717, 1.165) is 29.2 Å². The first-order chi connectivity index (χ1) is 9.83. The smallest absolute Gasteiger partial charge is 0.111 e. The molecule has 1 atom stereocenters. The summed E-state index contributed by atoms with van der Waals surface area (Å²) in [7, 11) is 1.96. The summed E-state index contributed by atoms with van der Waals surface area (Å²) in [6.07, 6.45) is 2.66. The average Bonchev–Trinajstić information content (AvgIpc) is 3.11. The van der Waals surface area contributed by atoms with Gasteiger partial charge in [0.1, 0.15) is 5.82 Å². The molecule has 0 bridgehead atoms. The average molecular weight is 287 g/mol. The van der Waals surface area contributed by atoms with Crippen molar-refractivity contribution in [3.8, 4) is 0 Å². The van der Waals surface area contributed by atoms with E-state index in [2.05, 4.69) is 44.6 Å². The molecule has 0 fully saturated rings. The second-order valence-electron chi connectivity index (χ2n) is 4.63. The molecule has 2 aromatic heterocycles. The van der Waals surface area contributed by atoms with Gasteiger partial charge in [0.05, 0.1) is 28.1 Å². The van der Waals surface area contributed by atoms with Crippen LogP contribution in [0, 0.1) is 0 Å². The van der Waals surface area contributed by atoms with Crippen molar-refractivity contribution in [1.82, 2.24) is 24.5 Å². The number of imidazole rings is 1. The number of para-hydroxylation sites is 2. The van der Waals surface area contributed by atoms with Gasteiger partial charge in [-0.3, -0.25) is 0 Å². The maximum Gasteiger partial charge on any atom is 0.111 e. The van der Waals surface area contributed by atoms with Crippen LogP contribution in [0.25, 0.3) is 11.0 Å². The molecule has 0 saturated carbocycles. The Bertz CT molecular complexity index is 689. The van der Waals surface area contributed by atoms with Gasteiger partial charge in [-0.1, -0.05) is 16.6 Å². The molecule has 0 radical (unpaired) electrons. The lowest BCUT2D eigenvalue weighted by Crippen LogP contribution is -2.19.